The Labute approximate surface area is 104 Å². The van der Waals surface area contributed by atoms with Gasteiger partial charge in [-0.3, -0.25) is 4.90 Å². The van der Waals surface area contributed by atoms with Crippen molar-refractivity contribution in [1.29, 1.82) is 0 Å². The molecule has 0 radical (unpaired) electrons. The number of likely N-dealkylation sites (N-methyl/N-ethyl adjacent to an activating group) is 1. The van der Waals surface area contributed by atoms with Gasteiger partial charge >= 0.3 is 0 Å². The lowest BCUT2D eigenvalue weighted by atomic mass is 10.0. The van der Waals surface area contributed by atoms with E-state index in [0.29, 0.717) is 12.6 Å². The molecule has 0 fully saturated rings. The number of rotatable bonds is 7. The van der Waals surface area contributed by atoms with Gasteiger partial charge in [0.2, 0.25) is 0 Å². The van der Waals surface area contributed by atoms with E-state index in [1.54, 1.807) is 13.4 Å². The zero-order chi connectivity index (χ0) is 12.8. The number of furan rings is 1. The molecule has 3 unspecified atom stereocenters. The van der Waals surface area contributed by atoms with E-state index in [9.17, 15) is 0 Å². The molecule has 0 aliphatic heterocycles. The van der Waals surface area contributed by atoms with Gasteiger partial charge in [-0.2, -0.15) is 0 Å². The molecule has 0 bridgehead atoms. The largest absolute Gasteiger partial charge is 0.468 e. The average Bonchev–Trinajstić information content (AvgIpc) is 2.82. The number of hydrogen-bond acceptors (Lipinski definition) is 4. The summed E-state index contributed by atoms with van der Waals surface area (Å²) in [6.07, 6.45) is 2.61. The maximum Gasteiger partial charge on any atom is 0.122 e. The molecular formula is C13H24N2O2. The summed E-state index contributed by atoms with van der Waals surface area (Å²) in [7, 11) is 3.78. The summed E-state index contributed by atoms with van der Waals surface area (Å²) in [6.45, 7) is 4.90. The molecule has 1 heterocycles. The van der Waals surface area contributed by atoms with E-state index in [0.717, 1.165) is 12.2 Å². The van der Waals surface area contributed by atoms with Gasteiger partial charge in [-0.05, 0) is 32.5 Å². The van der Waals surface area contributed by atoms with Gasteiger partial charge in [0.25, 0.3) is 0 Å². The second-order valence-corrected chi connectivity index (χ2v) is 4.50. The van der Waals surface area contributed by atoms with Crippen molar-refractivity contribution < 1.29 is 9.15 Å². The van der Waals surface area contributed by atoms with Gasteiger partial charge in [-0.1, -0.05) is 6.92 Å². The van der Waals surface area contributed by atoms with Crippen LogP contribution in [-0.2, 0) is 4.74 Å². The van der Waals surface area contributed by atoms with Crippen molar-refractivity contribution in [2.24, 2.45) is 5.73 Å². The summed E-state index contributed by atoms with van der Waals surface area (Å²) in [5.41, 5.74) is 6.20. The minimum Gasteiger partial charge on any atom is -0.468 e. The summed E-state index contributed by atoms with van der Waals surface area (Å²) in [6, 6.07) is 4.34. The maximum absolute atomic E-state index is 6.20. The number of nitrogens with zero attached hydrogens (tertiary/aromatic N) is 1. The smallest absolute Gasteiger partial charge is 0.122 e. The summed E-state index contributed by atoms with van der Waals surface area (Å²) < 4.78 is 10.7. The number of methoxy groups -OCH3 is 1. The van der Waals surface area contributed by atoms with Crippen LogP contribution in [0.5, 0.6) is 0 Å². The minimum atomic E-state index is 0.0606. The minimum absolute atomic E-state index is 0.0606. The zero-order valence-corrected chi connectivity index (χ0v) is 11.2. The molecular weight excluding hydrogens is 216 g/mol. The average molecular weight is 240 g/mol. The first-order chi connectivity index (χ1) is 8.11. The van der Waals surface area contributed by atoms with E-state index in [-0.39, 0.29) is 12.1 Å². The summed E-state index contributed by atoms with van der Waals surface area (Å²) in [4.78, 5) is 2.22. The van der Waals surface area contributed by atoms with Gasteiger partial charge in [-0.25, -0.2) is 0 Å². The fourth-order valence-corrected chi connectivity index (χ4v) is 2.03. The zero-order valence-electron chi connectivity index (χ0n) is 11.2. The fourth-order valence-electron chi connectivity index (χ4n) is 2.03. The Hall–Kier alpha value is -0.840. The molecule has 0 saturated carbocycles. The van der Waals surface area contributed by atoms with E-state index in [2.05, 4.69) is 25.8 Å². The normalized spacial score (nSPS) is 17.1. The first kappa shape index (κ1) is 14.2. The Morgan fingerprint density at radius 2 is 2.24 bits per heavy atom. The van der Waals surface area contributed by atoms with Crippen LogP contribution in [0.1, 0.15) is 32.1 Å². The summed E-state index contributed by atoms with van der Waals surface area (Å²) in [5.74, 6) is 0.921. The van der Waals surface area contributed by atoms with E-state index < -0.39 is 0 Å². The molecule has 4 heteroatoms. The molecule has 3 atom stereocenters. The molecule has 0 aliphatic rings. The molecule has 2 N–H and O–H groups in total. The Kier molecular flexibility index (Phi) is 5.68. The lowest BCUT2D eigenvalue weighted by Gasteiger charge is -2.34. The van der Waals surface area contributed by atoms with Crippen LogP contribution in [0.25, 0.3) is 0 Å². The van der Waals surface area contributed by atoms with Gasteiger partial charge in [-0.15, -0.1) is 0 Å². The third kappa shape index (κ3) is 3.56. The van der Waals surface area contributed by atoms with Crippen LogP contribution in [0.2, 0.25) is 0 Å². The van der Waals surface area contributed by atoms with E-state index in [1.165, 1.54) is 0 Å². The highest BCUT2D eigenvalue weighted by Gasteiger charge is 2.28. The number of hydrogen-bond donors (Lipinski definition) is 1. The standard InChI is InChI=1S/C13H24N2O2/c1-5-11(14)13(12-7-6-8-17-12)15(3)10(2)9-16-4/h6-8,10-11,13H,5,9,14H2,1-4H3. The van der Waals surface area contributed by atoms with Crippen molar-refractivity contribution in [1.82, 2.24) is 4.90 Å². The topological polar surface area (TPSA) is 51.6 Å². The fraction of sp³-hybridized carbons (Fsp3) is 0.692. The van der Waals surface area contributed by atoms with Crippen LogP contribution >= 0.6 is 0 Å². The molecule has 1 aromatic rings. The number of nitrogens with two attached hydrogens (primary N) is 1. The van der Waals surface area contributed by atoms with Crippen molar-refractivity contribution in [3.8, 4) is 0 Å². The van der Waals surface area contributed by atoms with Crippen molar-refractivity contribution in [2.45, 2.75) is 38.4 Å². The molecule has 17 heavy (non-hydrogen) atoms. The Morgan fingerprint density at radius 1 is 1.53 bits per heavy atom. The SMILES string of the molecule is CCC(N)C(c1ccco1)N(C)C(C)COC. The van der Waals surface area contributed by atoms with Gasteiger partial charge < -0.3 is 14.9 Å². The molecule has 0 spiro atoms. The maximum atomic E-state index is 6.20. The third-order valence-electron chi connectivity index (χ3n) is 3.25. The monoisotopic (exact) mass is 240 g/mol. The van der Waals surface area contributed by atoms with Gasteiger partial charge in [0.15, 0.2) is 0 Å². The first-order valence-corrected chi connectivity index (χ1v) is 6.11. The van der Waals surface area contributed by atoms with E-state index >= 15 is 0 Å². The molecule has 0 amide bonds. The quantitative estimate of drug-likeness (QED) is 0.792. The third-order valence-corrected chi connectivity index (χ3v) is 3.25. The first-order valence-electron chi connectivity index (χ1n) is 6.11. The van der Waals surface area contributed by atoms with Crippen molar-refractivity contribution >= 4 is 0 Å². The summed E-state index contributed by atoms with van der Waals surface area (Å²) in [5, 5.41) is 0. The molecule has 0 saturated heterocycles. The van der Waals surface area contributed by atoms with E-state index in [1.807, 2.05) is 12.1 Å². The van der Waals surface area contributed by atoms with Crippen LogP contribution in [0, 0.1) is 0 Å². The van der Waals surface area contributed by atoms with Crippen LogP contribution in [0.3, 0.4) is 0 Å². The van der Waals surface area contributed by atoms with Crippen molar-refractivity contribution in [3.63, 3.8) is 0 Å². The predicted molar refractivity (Wildman–Crippen MR) is 68.8 cm³/mol. The van der Waals surface area contributed by atoms with Crippen molar-refractivity contribution in [3.05, 3.63) is 24.2 Å². The predicted octanol–water partition coefficient (Wildman–Crippen LogP) is 2.02. The van der Waals surface area contributed by atoms with Crippen LogP contribution in [0.15, 0.2) is 22.8 Å². The summed E-state index contributed by atoms with van der Waals surface area (Å²) >= 11 is 0. The van der Waals surface area contributed by atoms with Crippen LogP contribution in [0.4, 0.5) is 0 Å². The Morgan fingerprint density at radius 3 is 2.71 bits per heavy atom. The highest BCUT2D eigenvalue weighted by molar-refractivity contribution is 5.08. The van der Waals surface area contributed by atoms with Crippen LogP contribution in [-0.4, -0.2) is 37.7 Å². The lowest BCUT2D eigenvalue weighted by Crippen LogP contribution is -2.44. The molecule has 98 valence electrons. The molecule has 4 nitrogen and oxygen atoms in total. The highest BCUT2D eigenvalue weighted by Crippen LogP contribution is 2.26. The highest BCUT2D eigenvalue weighted by atomic mass is 16.5. The second kappa shape index (κ2) is 6.79. The molecule has 1 rings (SSSR count). The molecule has 0 aliphatic carbocycles. The van der Waals surface area contributed by atoms with E-state index in [4.69, 9.17) is 14.9 Å². The molecule has 1 aromatic heterocycles. The number of ether oxygens (including phenoxy) is 1. The second-order valence-electron chi connectivity index (χ2n) is 4.50. The van der Waals surface area contributed by atoms with Gasteiger partial charge in [0.1, 0.15) is 5.76 Å². The van der Waals surface area contributed by atoms with Gasteiger partial charge in [0.05, 0.1) is 18.9 Å². The Balaban J connectivity index is 2.83. The van der Waals surface area contributed by atoms with Crippen LogP contribution < -0.4 is 5.73 Å². The molecule has 0 aromatic carbocycles. The Bertz CT molecular complexity index is 300. The van der Waals surface area contributed by atoms with Crippen molar-refractivity contribution in [2.75, 3.05) is 20.8 Å². The lowest BCUT2D eigenvalue weighted by molar-refractivity contribution is 0.0712. The van der Waals surface area contributed by atoms with Gasteiger partial charge in [0, 0.05) is 19.2 Å².